The molecule has 0 bridgehead atoms. The number of likely N-dealkylation sites (tertiary alicyclic amines) is 1. The molecular formula is C12H17N3O3. The Balaban J connectivity index is 1.95. The van der Waals surface area contributed by atoms with Crippen LogP contribution < -0.4 is 5.32 Å². The van der Waals surface area contributed by atoms with Gasteiger partial charge in [0, 0.05) is 12.1 Å². The molecule has 1 aliphatic heterocycles. The summed E-state index contributed by atoms with van der Waals surface area (Å²) in [5.41, 5.74) is 0.796. The summed E-state index contributed by atoms with van der Waals surface area (Å²) in [6.45, 7) is 5.89. The predicted octanol–water partition coefficient (Wildman–Crippen LogP) is 0.609. The molecule has 0 spiro atoms. The Morgan fingerprint density at radius 2 is 2.28 bits per heavy atom. The highest BCUT2D eigenvalue weighted by Crippen LogP contribution is 2.16. The van der Waals surface area contributed by atoms with Gasteiger partial charge in [0.05, 0.1) is 24.7 Å². The number of aromatic nitrogens is 1. The largest absolute Gasteiger partial charge is 0.360 e. The van der Waals surface area contributed by atoms with E-state index in [0.29, 0.717) is 12.3 Å². The number of carbonyl (C=O) groups excluding carboxylic acids is 2. The number of rotatable bonds is 4. The highest BCUT2D eigenvalue weighted by Gasteiger charge is 2.39. The van der Waals surface area contributed by atoms with Crippen molar-refractivity contribution in [3.05, 3.63) is 17.5 Å². The molecule has 6 heteroatoms. The number of nitrogens with zero attached hydrogens (tertiary/aromatic N) is 2. The molecule has 1 fully saturated rings. The number of imide groups is 1. The smallest absolute Gasteiger partial charge is 0.247 e. The second kappa shape index (κ2) is 4.89. The summed E-state index contributed by atoms with van der Waals surface area (Å²) in [7, 11) is 0. The van der Waals surface area contributed by atoms with E-state index < -0.39 is 6.04 Å². The van der Waals surface area contributed by atoms with Crippen molar-refractivity contribution >= 4 is 11.8 Å². The predicted molar refractivity (Wildman–Crippen MR) is 63.5 cm³/mol. The van der Waals surface area contributed by atoms with Gasteiger partial charge in [-0.15, -0.1) is 0 Å². The number of amides is 2. The first-order chi connectivity index (χ1) is 8.49. The standard InChI is InChI=1S/C12H17N3O3/c1-7(2)15-11(16)5-10(12(15)17)13-6-9-4-8(3)14-18-9/h4,7,10,13H,5-6H2,1-3H3. The molecule has 6 nitrogen and oxygen atoms in total. The van der Waals surface area contributed by atoms with Crippen molar-refractivity contribution in [2.24, 2.45) is 0 Å². The lowest BCUT2D eigenvalue weighted by atomic mass is 10.2. The van der Waals surface area contributed by atoms with Gasteiger partial charge in [-0.1, -0.05) is 5.16 Å². The highest BCUT2D eigenvalue weighted by molar-refractivity contribution is 6.05. The van der Waals surface area contributed by atoms with Crippen LogP contribution in [-0.4, -0.2) is 34.0 Å². The molecule has 2 heterocycles. The Labute approximate surface area is 105 Å². The normalized spacial score (nSPS) is 20.2. The molecule has 1 N–H and O–H groups in total. The van der Waals surface area contributed by atoms with Crippen LogP contribution in [0.1, 0.15) is 31.7 Å². The summed E-state index contributed by atoms with van der Waals surface area (Å²) in [6.07, 6.45) is 0.212. The monoisotopic (exact) mass is 251 g/mol. The van der Waals surface area contributed by atoms with Crippen LogP contribution >= 0.6 is 0 Å². The fourth-order valence-electron chi connectivity index (χ4n) is 2.08. The number of aryl methyl sites for hydroxylation is 1. The zero-order valence-electron chi connectivity index (χ0n) is 10.8. The number of hydrogen-bond donors (Lipinski definition) is 1. The molecule has 2 rings (SSSR count). The van der Waals surface area contributed by atoms with Gasteiger partial charge < -0.3 is 4.52 Å². The van der Waals surface area contributed by atoms with Crippen LogP contribution in [0.15, 0.2) is 10.6 Å². The van der Waals surface area contributed by atoms with Gasteiger partial charge in [0.2, 0.25) is 11.8 Å². The summed E-state index contributed by atoms with van der Waals surface area (Å²) in [4.78, 5) is 25.0. The number of nitrogens with one attached hydrogen (secondary N) is 1. The summed E-state index contributed by atoms with van der Waals surface area (Å²) >= 11 is 0. The molecule has 18 heavy (non-hydrogen) atoms. The third-order valence-corrected chi connectivity index (χ3v) is 2.90. The van der Waals surface area contributed by atoms with Crippen molar-refractivity contribution in [1.82, 2.24) is 15.4 Å². The summed E-state index contributed by atoms with van der Waals surface area (Å²) in [5.74, 6) is 0.378. The van der Waals surface area contributed by atoms with E-state index in [0.717, 1.165) is 5.69 Å². The summed E-state index contributed by atoms with van der Waals surface area (Å²) in [6, 6.07) is 1.25. The topological polar surface area (TPSA) is 75.4 Å². The zero-order valence-corrected chi connectivity index (χ0v) is 10.8. The Kier molecular flexibility index (Phi) is 3.47. The zero-order chi connectivity index (χ0) is 13.3. The summed E-state index contributed by atoms with van der Waals surface area (Å²) < 4.78 is 5.04. The molecule has 98 valence electrons. The molecule has 0 radical (unpaired) electrons. The van der Waals surface area contributed by atoms with Crippen LogP contribution in [0.5, 0.6) is 0 Å². The van der Waals surface area contributed by atoms with Gasteiger partial charge in [-0.3, -0.25) is 19.8 Å². The Bertz CT molecular complexity index is 467. The van der Waals surface area contributed by atoms with E-state index >= 15 is 0 Å². The van der Waals surface area contributed by atoms with Crippen molar-refractivity contribution in [1.29, 1.82) is 0 Å². The van der Waals surface area contributed by atoms with Gasteiger partial charge in [-0.05, 0) is 20.8 Å². The maximum absolute atomic E-state index is 12.0. The van der Waals surface area contributed by atoms with Crippen LogP contribution in [0.4, 0.5) is 0 Å². The van der Waals surface area contributed by atoms with E-state index in [2.05, 4.69) is 10.5 Å². The van der Waals surface area contributed by atoms with Crippen LogP contribution in [-0.2, 0) is 16.1 Å². The van der Waals surface area contributed by atoms with Crippen LogP contribution in [0.25, 0.3) is 0 Å². The third-order valence-electron chi connectivity index (χ3n) is 2.90. The first-order valence-electron chi connectivity index (χ1n) is 6.00. The van der Waals surface area contributed by atoms with Gasteiger partial charge in [-0.25, -0.2) is 0 Å². The fourth-order valence-corrected chi connectivity index (χ4v) is 2.08. The molecule has 1 aliphatic rings. The third kappa shape index (κ3) is 2.43. The molecule has 0 aromatic carbocycles. The Hall–Kier alpha value is -1.69. The van der Waals surface area contributed by atoms with E-state index in [4.69, 9.17) is 4.52 Å². The molecule has 1 aromatic heterocycles. The Morgan fingerprint density at radius 3 is 2.78 bits per heavy atom. The molecule has 2 amide bonds. The SMILES string of the molecule is Cc1cc(CNC2CC(=O)N(C(C)C)C2=O)on1. The van der Waals surface area contributed by atoms with E-state index in [9.17, 15) is 9.59 Å². The van der Waals surface area contributed by atoms with E-state index in [1.807, 2.05) is 20.8 Å². The van der Waals surface area contributed by atoms with E-state index in [1.165, 1.54) is 4.90 Å². The summed E-state index contributed by atoms with van der Waals surface area (Å²) in [5, 5.41) is 6.79. The maximum Gasteiger partial charge on any atom is 0.247 e. The minimum atomic E-state index is -0.453. The van der Waals surface area contributed by atoms with Gasteiger partial charge in [-0.2, -0.15) is 0 Å². The first-order valence-corrected chi connectivity index (χ1v) is 6.00. The molecular weight excluding hydrogens is 234 g/mol. The van der Waals surface area contributed by atoms with Crippen LogP contribution in [0.2, 0.25) is 0 Å². The average molecular weight is 251 g/mol. The van der Waals surface area contributed by atoms with Crippen molar-refractivity contribution in [3.63, 3.8) is 0 Å². The lowest BCUT2D eigenvalue weighted by Gasteiger charge is -2.18. The van der Waals surface area contributed by atoms with E-state index in [1.54, 1.807) is 6.07 Å². The molecule has 0 saturated carbocycles. The van der Waals surface area contributed by atoms with Gasteiger partial charge >= 0.3 is 0 Å². The minimum absolute atomic E-state index is 0.0932. The average Bonchev–Trinajstić information content (AvgIpc) is 2.80. The quantitative estimate of drug-likeness (QED) is 0.793. The minimum Gasteiger partial charge on any atom is -0.360 e. The first kappa shape index (κ1) is 12.8. The van der Waals surface area contributed by atoms with Crippen molar-refractivity contribution < 1.29 is 14.1 Å². The van der Waals surface area contributed by atoms with E-state index in [-0.39, 0.29) is 24.3 Å². The van der Waals surface area contributed by atoms with Gasteiger partial charge in [0.25, 0.3) is 0 Å². The Morgan fingerprint density at radius 1 is 1.56 bits per heavy atom. The highest BCUT2D eigenvalue weighted by atomic mass is 16.5. The van der Waals surface area contributed by atoms with Crippen LogP contribution in [0, 0.1) is 6.92 Å². The van der Waals surface area contributed by atoms with Crippen molar-refractivity contribution in [2.45, 2.75) is 45.8 Å². The number of carbonyl (C=O) groups is 2. The lowest BCUT2D eigenvalue weighted by molar-refractivity contribution is -0.140. The van der Waals surface area contributed by atoms with Gasteiger partial charge in [0.1, 0.15) is 0 Å². The van der Waals surface area contributed by atoms with Crippen LogP contribution in [0.3, 0.4) is 0 Å². The van der Waals surface area contributed by atoms with Crippen molar-refractivity contribution in [3.8, 4) is 0 Å². The fraction of sp³-hybridized carbons (Fsp3) is 0.583. The molecule has 1 unspecified atom stereocenters. The maximum atomic E-state index is 12.0. The second-order valence-electron chi connectivity index (χ2n) is 4.77. The lowest BCUT2D eigenvalue weighted by Crippen LogP contribution is -2.41. The molecule has 1 atom stereocenters. The van der Waals surface area contributed by atoms with Crippen molar-refractivity contribution in [2.75, 3.05) is 0 Å². The second-order valence-corrected chi connectivity index (χ2v) is 4.77. The van der Waals surface area contributed by atoms with Gasteiger partial charge in [0.15, 0.2) is 5.76 Å². The molecule has 1 saturated heterocycles. The number of hydrogen-bond acceptors (Lipinski definition) is 5. The molecule has 1 aromatic rings. The molecule has 0 aliphatic carbocycles.